The maximum atomic E-state index is 12.7. The number of methoxy groups -OCH3 is 1. The molecule has 0 radical (unpaired) electrons. The molecule has 25 heavy (non-hydrogen) atoms. The van der Waals surface area contributed by atoms with Crippen LogP contribution < -0.4 is 9.47 Å². The van der Waals surface area contributed by atoms with Gasteiger partial charge in [-0.1, -0.05) is 0 Å². The number of carbonyl (C=O) groups excluding carboxylic acids is 1. The maximum absolute atomic E-state index is 12.7. The van der Waals surface area contributed by atoms with Crippen molar-refractivity contribution < 1.29 is 14.3 Å². The Kier molecular flexibility index (Phi) is 5.09. The minimum atomic E-state index is -0.0982. The van der Waals surface area contributed by atoms with Gasteiger partial charge in [-0.25, -0.2) is 9.97 Å². The van der Waals surface area contributed by atoms with Crippen molar-refractivity contribution in [3.63, 3.8) is 0 Å². The van der Waals surface area contributed by atoms with Crippen LogP contribution in [0.5, 0.6) is 11.8 Å². The molecule has 2 aromatic rings. The Morgan fingerprint density at radius 3 is 2.56 bits per heavy atom. The van der Waals surface area contributed by atoms with Crippen molar-refractivity contribution in [1.29, 1.82) is 5.26 Å². The SMILES string of the molecule is COc1ncccc1C(=O)N1CCC(Oc2ncccc2C#N)CC1. The van der Waals surface area contributed by atoms with Crippen molar-refractivity contribution in [2.24, 2.45) is 0 Å². The van der Waals surface area contributed by atoms with Gasteiger partial charge in [0.2, 0.25) is 11.8 Å². The lowest BCUT2D eigenvalue weighted by atomic mass is 10.1. The molecule has 0 saturated carbocycles. The number of pyridine rings is 2. The highest BCUT2D eigenvalue weighted by atomic mass is 16.5. The number of nitriles is 1. The number of hydrogen-bond acceptors (Lipinski definition) is 6. The van der Waals surface area contributed by atoms with E-state index in [1.807, 2.05) is 0 Å². The second-order valence-electron chi connectivity index (χ2n) is 5.64. The summed E-state index contributed by atoms with van der Waals surface area (Å²) >= 11 is 0. The minimum Gasteiger partial charge on any atom is -0.480 e. The molecule has 0 aromatic carbocycles. The highest BCUT2D eigenvalue weighted by Gasteiger charge is 2.27. The van der Waals surface area contributed by atoms with E-state index < -0.39 is 0 Å². The van der Waals surface area contributed by atoms with E-state index in [2.05, 4.69) is 16.0 Å². The molecule has 1 fully saturated rings. The normalized spacial score (nSPS) is 14.6. The van der Waals surface area contributed by atoms with Crippen LogP contribution in [0.4, 0.5) is 0 Å². The number of hydrogen-bond donors (Lipinski definition) is 0. The Hall–Kier alpha value is -3.14. The number of amides is 1. The third-order valence-electron chi connectivity index (χ3n) is 4.09. The van der Waals surface area contributed by atoms with Crippen LogP contribution in [0.2, 0.25) is 0 Å². The van der Waals surface area contributed by atoms with Gasteiger partial charge in [-0.05, 0) is 24.3 Å². The van der Waals surface area contributed by atoms with E-state index in [0.29, 0.717) is 48.8 Å². The summed E-state index contributed by atoms with van der Waals surface area (Å²) in [6, 6.07) is 8.88. The van der Waals surface area contributed by atoms with Gasteiger partial charge in [0.15, 0.2) is 0 Å². The third kappa shape index (κ3) is 3.69. The van der Waals surface area contributed by atoms with Crippen molar-refractivity contribution in [2.75, 3.05) is 20.2 Å². The predicted octanol–water partition coefficient (Wildman–Crippen LogP) is 2.04. The van der Waals surface area contributed by atoms with Gasteiger partial charge in [-0.3, -0.25) is 4.79 Å². The number of carbonyl (C=O) groups is 1. The number of ether oxygens (including phenoxy) is 2. The van der Waals surface area contributed by atoms with Crippen molar-refractivity contribution in [2.45, 2.75) is 18.9 Å². The van der Waals surface area contributed by atoms with Crippen molar-refractivity contribution in [1.82, 2.24) is 14.9 Å². The average molecular weight is 338 g/mol. The lowest BCUT2D eigenvalue weighted by Gasteiger charge is -2.32. The van der Waals surface area contributed by atoms with Gasteiger partial charge < -0.3 is 14.4 Å². The van der Waals surface area contributed by atoms with Crippen molar-refractivity contribution in [3.8, 4) is 17.8 Å². The van der Waals surface area contributed by atoms with Crippen LogP contribution in [0.3, 0.4) is 0 Å². The van der Waals surface area contributed by atoms with E-state index in [-0.39, 0.29) is 12.0 Å². The fourth-order valence-corrected chi connectivity index (χ4v) is 2.79. The minimum absolute atomic E-state index is 0.0677. The smallest absolute Gasteiger partial charge is 0.259 e. The highest BCUT2D eigenvalue weighted by molar-refractivity contribution is 5.96. The monoisotopic (exact) mass is 338 g/mol. The zero-order valence-electron chi connectivity index (χ0n) is 13.9. The standard InChI is InChI=1S/C18H18N4O3/c1-24-17-15(5-3-9-21-17)18(23)22-10-6-14(7-11-22)25-16-13(12-19)4-2-8-20-16/h2-5,8-9,14H,6-7,10-11H2,1H3. The molecule has 3 heterocycles. The highest BCUT2D eigenvalue weighted by Crippen LogP contribution is 2.23. The zero-order valence-corrected chi connectivity index (χ0v) is 13.9. The van der Waals surface area contributed by atoms with Crippen LogP contribution in [-0.2, 0) is 0 Å². The van der Waals surface area contributed by atoms with Gasteiger partial charge in [-0.15, -0.1) is 0 Å². The summed E-state index contributed by atoms with van der Waals surface area (Å²) in [5, 5.41) is 9.10. The molecule has 1 saturated heterocycles. The molecule has 128 valence electrons. The van der Waals surface area contributed by atoms with E-state index in [4.69, 9.17) is 14.7 Å². The fraction of sp³-hybridized carbons (Fsp3) is 0.333. The van der Waals surface area contributed by atoms with Crippen LogP contribution in [0.15, 0.2) is 36.7 Å². The van der Waals surface area contributed by atoms with Gasteiger partial charge in [0, 0.05) is 38.3 Å². The number of nitrogens with zero attached hydrogens (tertiary/aromatic N) is 4. The van der Waals surface area contributed by atoms with Crippen molar-refractivity contribution >= 4 is 5.91 Å². The number of likely N-dealkylation sites (tertiary alicyclic amines) is 1. The van der Waals surface area contributed by atoms with Crippen LogP contribution in [-0.4, -0.2) is 47.1 Å². The van der Waals surface area contributed by atoms with Gasteiger partial charge >= 0.3 is 0 Å². The summed E-state index contributed by atoms with van der Waals surface area (Å²) < 4.78 is 11.0. The topological polar surface area (TPSA) is 88.3 Å². The molecule has 0 N–H and O–H groups in total. The molecule has 1 aliphatic rings. The molecular formula is C18H18N4O3. The van der Waals surface area contributed by atoms with Crippen molar-refractivity contribution in [3.05, 3.63) is 47.8 Å². The fourth-order valence-electron chi connectivity index (χ4n) is 2.79. The molecule has 7 heteroatoms. The quantitative estimate of drug-likeness (QED) is 0.847. The molecular weight excluding hydrogens is 320 g/mol. The van der Waals surface area contributed by atoms with Crippen LogP contribution in [0, 0.1) is 11.3 Å². The summed E-state index contributed by atoms with van der Waals surface area (Å²) in [7, 11) is 1.50. The summed E-state index contributed by atoms with van der Waals surface area (Å²) in [5.74, 6) is 0.584. The Morgan fingerprint density at radius 1 is 1.20 bits per heavy atom. The van der Waals surface area contributed by atoms with E-state index >= 15 is 0 Å². The van der Waals surface area contributed by atoms with Gasteiger partial charge in [0.05, 0.1) is 7.11 Å². The third-order valence-corrected chi connectivity index (χ3v) is 4.09. The summed E-state index contributed by atoms with van der Waals surface area (Å²) in [4.78, 5) is 22.6. The average Bonchev–Trinajstić information content (AvgIpc) is 2.68. The first-order valence-electron chi connectivity index (χ1n) is 8.03. The first-order valence-corrected chi connectivity index (χ1v) is 8.03. The van der Waals surface area contributed by atoms with E-state index in [1.54, 1.807) is 41.6 Å². The molecule has 0 aliphatic carbocycles. The second kappa shape index (κ2) is 7.62. The zero-order chi connectivity index (χ0) is 17.6. The molecule has 1 aliphatic heterocycles. The molecule has 1 amide bonds. The summed E-state index contributed by atoms with van der Waals surface area (Å²) in [6.07, 6.45) is 4.48. The maximum Gasteiger partial charge on any atom is 0.259 e. The summed E-state index contributed by atoms with van der Waals surface area (Å²) in [6.45, 7) is 1.13. The molecule has 7 nitrogen and oxygen atoms in total. The Labute approximate surface area is 145 Å². The lowest BCUT2D eigenvalue weighted by Crippen LogP contribution is -2.42. The Morgan fingerprint density at radius 2 is 1.88 bits per heavy atom. The number of aromatic nitrogens is 2. The first kappa shape index (κ1) is 16.7. The van der Waals surface area contributed by atoms with Crippen LogP contribution in [0.1, 0.15) is 28.8 Å². The molecule has 0 bridgehead atoms. The molecule has 0 atom stereocenters. The number of rotatable bonds is 4. The molecule has 0 unspecified atom stereocenters. The Balaban J connectivity index is 1.62. The van der Waals surface area contributed by atoms with Gasteiger partial charge in [0.1, 0.15) is 23.3 Å². The number of piperidine rings is 1. The van der Waals surface area contributed by atoms with Gasteiger partial charge in [0.25, 0.3) is 5.91 Å². The largest absolute Gasteiger partial charge is 0.480 e. The van der Waals surface area contributed by atoms with Crippen LogP contribution >= 0.6 is 0 Å². The summed E-state index contributed by atoms with van der Waals surface area (Å²) in [5.41, 5.74) is 0.877. The molecule has 2 aromatic heterocycles. The lowest BCUT2D eigenvalue weighted by molar-refractivity contribution is 0.0583. The Bertz CT molecular complexity index is 795. The van der Waals surface area contributed by atoms with Gasteiger partial charge in [-0.2, -0.15) is 5.26 Å². The van der Waals surface area contributed by atoms with Crippen LogP contribution in [0.25, 0.3) is 0 Å². The predicted molar refractivity (Wildman–Crippen MR) is 89.3 cm³/mol. The second-order valence-corrected chi connectivity index (χ2v) is 5.64. The molecule has 0 spiro atoms. The van der Waals surface area contributed by atoms with E-state index in [1.165, 1.54) is 7.11 Å². The molecule has 3 rings (SSSR count). The van der Waals surface area contributed by atoms with E-state index in [9.17, 15) is 4.79 Å². The van der Waals surface area contributed by atoms with E-state index in [0.717, 1.165) is 0 Å². The first-order chi connectivity index (χ1) is 12.2.